The lowest BCUT2D eigenvalue weighted by Crippen LogP contribution is -3.00. The second kappa shape index (κ2) is 7.65. The minimum absolute atomic E-state index is 0. The second-order valence-electron chi connectivity index (χ2n) is 7.97. The Morgan fingerprint density at radius 3 is 2.43 bits per heavy atom. The van der Waals surface area contributed by atoms with Gasteiger partial charge in [-0.25, -0.2) is 8.42 Å². The summed E-state index contributed by atoms with van der Waals surface area (Å²) in [6.07, 6.45) is 0.971. The Morgan fingerprint density at radius 1 is 0.929 bits per heavy atom. The molecule has 0 unspecified atom stereocenters. The van der Waals surface area contributed by atoms with Gasteiger partial charge in [-0.3, -0.25) is 4.31 Å². The third kappa shape index (κ3) is 3.77. The van der Waals surface area contributed by atoms with Gasteiger partial charge in [-0.05, 0) is 29.1 Å². The highest BCUT2D eigenvalue weighted by Gasteiger charge is 2.27. The molecule has 0 bridgehead atoms. The number of sulfonamides is 1. The van der Waals surface area contributed by atoms with Gasteiger partial charge in [0, 0.05) is 24.4 Å². The predicted molar refractivity (Wildman–Crippen MR) is 110 cm³/mol. The minimum Gasteiger partial charge on any atom is -1.00 e. The van der Waals surface area contributed by atoms with E-state index in [1.165, 1.54) is 15.4 Å². The highest BCUT2D eigenvalue weighted by atomic mass is 127. The van der Waals surface area contributed by atoms with Crippen LogP contribution in [0.5, 0.6) is 0 Å². The van der Waals surface area contributed by atoms with E-state index < -0.39 is 10.0 Å². The maximum atomic E-state index is 13.3. The molecule has 3 aromatic rings. The molecule has 28 heavy (non-hydrogen) atoms. The molecule has 0 saturated heterocycles. The zero-order valence-electron chi connectivity index (χ0n) is 16.4. The van der Waals surface area contributed by atoms with Crippen molar-refractivity contribution in [1.29, 1.82) is 0 Å². The molecule has 1 heterocycles. The van der Waals surface area contributed by atoms with Gasteiger partial charge in [0.1, 0.15) is 6.54 Å². The Balaban J connectivity index is 0.00000225. The maximum absolute atomic E-state index is 13.3. The number of hydrogen-bond donors (Lipinski definition) is 0. The van der Waals surface area contributed by atoms with Crippen molar-refractivity contribution >= 4 is 26.5 Å². The van der Waals surface area contributed by atoms with Crippen molar-refractivity contribution in [3.05, 3.63) is 71.8 Å². The summed E-state index contributed by atoms with van der Waals surface area (Å²) in [7, 11) is 2.46. The van der Waals surface area contributed by atoms with Gasteiger partial charge in [0.15, 0.2) is 0 Å². The van der Waals surface area contributed by atoms with E-state index in [-0.39, 0.29) is 24.0 Å². The van der Waals surface area contributed by atoms with Crippen LogP contribution in [0.25, 0.3) is 10.8 Å². The van der Waals surface area contributed by atoms with Gasteiger partial charge in [0.2, 0.25) is 0 Å². The van der Waals surface area contributed by atoms with E-state index in [1.807, 2.05) is 42.5 Å². The van der Waals surface area contributed by atoms with Crippen LogP contribution >= 0.6 is 0 Å². The van der Waals surface area contributed by atoms with Crippen LogP contribution in [0.4, 0.5) is 5.69 Å². The van der Waals surface area contributed by atoms with Crippen LogP contribution in [0.2, 0.25) is 0 Å². The standard InChI is InChI=1S/C22H25N2O2S.HI/c1-23(20-12-11-19-16-24(2,3)14-13-18(19)15-20)27(25,26)22-10-6-8-17-7-4-5-9-21(17)22;/h4-12,15H,13-14,16H2,1-3H3;1H/q+1;/p-1. The van der Waals surface area contributed by atoms with E-state index in [9.17, 15) is 8.42 Å². The summed E-state index contributed by atoms with van der Waals surface area (Å²) in [4.78, 5) is 0.346. The quantitative estimate of drug-likeness (QED) is 0.388. The van der Waals surface area contributed by atoms with Gasteiger partial charge in [-0.15, -0.1) is 0 Å². The summed E-state index contributed by atoms with van der Waals surface area (Å²) < 4.78 is 29.1. The first-order chi connectivity index (χ1) is 12.8. The lowest BCUT2D eigenvalue weighted by Gasteiger charge is -2.35. The van der Waals surface area contributed by atoms with Crippen LogP contribution in [0.3, 0.4) is 0 Å². The first-order valence-corrected chi connectivity index (χ1v) is 10.6. The van der Waals surface area contributed by atoms with Crippen LogP contribution in [-0.4, -0.2) is 40.6 Å². The molecule has 0 radical (unpaired) electrons. The molecule has 3 aromatic carbocycles. The maximum Gasteiger partial charge on any atom is 0.264 e. The molecule has 0 saturated carbocycles. The normalized spacial score (nSPS) is 15.5. The van der Waals surface area contributed by atoms with Crippen molar-refractivity contribution in [2.45, 2.75) is 17.9 Å². The summed E-state index contributed by atoms with van der Waals surface area (Å²) in [5, 5.41) is 1.68. The molecule has 4 nitrogen and oxygen atoms in total. The van der Waals surface area contributed by atoms with Gasteiger partial charge in [-0.2, -0.15) is 0 Å². The van der Waals surface area contributed by atoms with Crippen molar-refractivity contribution in [3.8, 4) is 0 Å². The predicted octanol–water partition coefficient (Wildman–Crippen LogP) is 0.801. The van der Waals surface area contributed by atoms with E-state index >= 15 is 0 Å². The fourth-order valence-electron chi connectivity index (χ4n) is 3.87. The molecule has 6 heteroatoms. The lowest BCUT2D eigenvalue weighted by molar-refractivity contribution is -0.905. The number of benzene rings is 3. The number of anilines is 1. The first kappa shape index (κ1) is 21.1. The third-order valence-electron chi connectivity index (χ3n) is 5.53. The summed E-state index contributed by atoms with van der Waals surface area (Å²) in [6, 6.07) is 19.1. The molecule has 0 spiro atoms. The largest absolute Gasteiger partial charge is 1.00 e. The van der Waals surface area contributed by atoms with Gasteiger partial charge >= 0.3 is 0 Å². The van der Waals surface area contributed by atoms with Crippen LogP contribution in [0.1, 0.15) is 11.1 Å². The third-order valence-corrected chi connectivity index (χ3v) is 7.37. The number of rotatable bonds is 3. The monoisotopic (exact) mass is 508 g/mol. The minimum atomic E-state index is -3.64. The highest BCUT2D eigenvalue weighted by molar-refractivity contribution is 7.93. The van der Waals surface area contributed by atoms with Crippen molar-refractivity contribution in [3.63, 3.8) is 0 Å². The van der Waals surface area contributed by atoms with E-state index in [0.717, 1.165) is 34.8 Å². The molecule has 1 aliphatic heterocycles. The Labute approximate surface area is 184 Å². The molecule has 0 atom stereocenters. The summed E-state index contributed by atoms with van der Waals surface area (Å²) >= 11 is 0. The van der Waals surface area contributed by atoms with Crippen molar-refractivity contribution in [2.75, 3.05) is 32.0 Å². The van der Waals surface area contributed by atoms with Crippen LogP contribution in [-0.2, 0) is 23.0 Å². The zero-order valence-corrected chi connectivity index (χ0v) is 19.4. The van der Waals surface area contributed by atoms with Crippen LogP contribution in [0.15, 0.2) is 65.6 Å². The number of quaternary nitrogens is 1. The number of nitrogens with zero attached hydrogens (tertiary/aromatic N) is 2. The summed E-state index contributed by atoms with van der Waals surface area (Å²) in [5.74, 6) is 0. The smallest absolute Gasteiger partial charge is 0.264 e. The SMILES string of the molecule is CN(c1ccc2c(c1)CC[N+](C)(C)C2)S(=O)(=O)c1cccc2ccccc12.[I-]. The molecule has 0 aliphatic carbocycles. The topological polar surface area (TPSA) is 37.4 Å². The second-order valence-corrected chi connectivity index (χ2v) is 9.91. The van der Waals surface area contributed by atoms with Crippen molar-refractivity contribution in [1.82, 2.24) is 0 Å². The number of halogens is 1. The Bertz CT molecular complexity index is 1120. The lowest BCUT2D eigenvalue weighted by atomic mass is 9.98. The Morgan fingerprint density at radius 2 is 1.64 bits per heavy atom. The summed E-state index contributed by atoms with van der Waals surface area (Å²) in [6.45, 7) is 2.05. The fourth-order valence-corrected chi connectivity index (χ4v) is 5.27. The molecular formula is C22H25IN2O2S. The average Bonchev–Trinajstić information content (AvgIpc) is 2.66. The van der Waals surface area contributed by atoms with E-state index in [2.05, 4.69) is 20.2 Å². The highest BCUT2D eigenvalue weighted by Crippen LogP contribution is 2.31. The molecule has 1 aliphatic rings. The van der Waals surface area contributed by atoms with Gasteiger partial charge < -0.3 is 28.5 Å². The van der Waals surface area contributed by atoms with E-state index in [4.69, 9.17) is 0 Å². The van der Waals surface area contributed by atoms with Crippen LogP contribution < -0.4 is 28.3 Å². The number of hydrogen-bond acceptors (Lipinski definition) is 2. The fraction of sp³-hybridized carbons (Fsp3) is 0.273. The molecule has 0 N–H and O–H groups in total. The average molecular weight is 508 g/mol. The number of likely N-dealkylation sites (N-methyl/N-ethyl adjacent to an activating group) is 1. The van der Waals surface area contributed by atoms with Crippen LogP contribution in [0, 0.1) is 0 Å². The first-order valence-electron chi connectivity index (χ1n) is 9.18. The molecule has 0 amide bonds. The molecule has 0 fully saturated rings. The molecule has 0 aromatic heterocycles. The van der Waals surface area contributed by atoms with Crippen molar-refractivity contribution < 1.29 is 36.9 Å². The van der Waals surface area contributed by atoms with Gasteiger partial charge in [0.25, 0.3) is 10.0 Å². The molecule has 148 valence electrons. The zero-order chi connectivity index (χ0) is 19.2. The van der Waals surface area contributed by atoms with Gasteiger partial charge in [-0.1, -0.05) is 42.5 Å². The van der Waals surface area contributed by atoms with E-state index in [0.29, 0.717) is 10.6 Å². The molecule has 4 rings (SSSR count). The van der Waals surface area contributed by atoms with Gasteiger partial charge in [0.05, 0.1) is 31.2 Å². The Kier molecular flexibility index (Phi) is 5.76. The summed E-state index contributed by atoms with van der Waals surface area (Å²) in [5.41, 5.74) is 3.28. The number of fused-ring (bicyclic) bond motifs is 2. The molecular weight excluding hydrogens is 483 g/mol. The van der Waals surface area contributed by atoms with Crippen molar-refractivity contribution in [2.24, 2.45) is 0 Å². The Hall–Kier alpha value is -1.64. The van der Waals surface area contributed by atoms with E-state index in [1.54, 1.807) is 19.2 Å².